The molecule has 0 spiro atoms. The Balaban J connectivity index is 2.67. The lowest BCUT2D eigenvalue weighted by Gasteiger charge is -2.40. The third-order valence-electron chi connectivity index (χ3n) is 2.73. The molecule has 1 aliphatic rings. The largest absolute Gasteiger partial charge is 0.460 e. The molecule has 124 valence electrons. The van der Waals surface area contributed by atoms with E-state index in [0.717, 1.165) is 0 Å². The van der Waals surface area contributed by atoms with Gasteiger partial charge >= 0.3 is 5.97 Å². The maximum atomic E-state index is 11.9. The molecule has 0 saturated carbocycles. The van der Waals surface area contributed by atoms with Gasteiger partial charge in [0.2, 0.25) is 0 Å². The molecule has 0 radical (unpaired) electrons. The Bertz CT molecular complexity index is 474. The second-order valence-electron chi connectivity index (χ2n) is 7.00. The summed E-state index contributed by atoms with van der Waals surface area (Å²) < 4.78 is 39.4. The molecule has 1 saturated heterocycles. The summed E-state index contributed by atoms with van der Waals surface area (Å²) in [4.78, 5) is 11.9. The predicted molar refractivity (Wildman–Crippen MR) is 78.6 cm³/mol. The lowest BCUT2D eigenvalue weighted by molar-refractivity contribution is -0.295. The van der Waals surface area contributed by atoms with Crippen LogP contribution in [-0.4, -0.2) is 50.0 Å². The smallest absolute Gasteiger partial charge is 0.308 e. The SMILES string of the molecule is CC(C)(C)OC(=O)C[C@H]1C[C@@H](CS(C)(=O)=O)OC(C)(C)O1. The van der Waals surface area contributed by atoms with E-state index in [0.29, 0.717) is 6.42 Å². The number of esters is 1. The summed E-state index contributed by atoms with van der Waals surface area (Å²) in [5.41, 5.74) is -0.552. The zero-order valence-electron chi connectivity index (χ0n) is 13.6. The summed E-state index contributed by atoms with van der Waals surface area (Å²) in [5.74, 6) is -1.35. The number of hydrogen-bond acceptors (Lipinski definition) is 6. The minimum atomic E-state index is -3.15. The molecule has 1 aliphatic heterocycles. The Morgan fingerprint density at radius 1 is 1.24 bits per heavy atom. The number of ether oxygens (including phenoxy) is 3. The first-order valence-corrected chi connectivity index (χ1v) is 9.07. The lowest BCUT2D eigenvalue weighted by Crippen LogP contribution is -2.47. The zero-order valence-corrected chi connectivity index (χ0v) is 14.5. The Labute approximate surface area is 127 Å². The molecule has 7 heteroatoms. The highest BCUT2D eigenvalue weighted by Crippen LogP contribution is 2.29. The summed E-state index contributed by atoms with van der Waals surface area (Å²) in [7, 11) is -3.15. The molecule has 1 rings (SSSR count). The van der Waals surface area contributed by atoms with Crippen LogP contribution in [0.15, 0.2) is 0 Å². The average molecular weight is 322 g/mol. The normalized spacial score (nSPS) is 26.4. The Kier molecular flexibility index (Phi) is 5.45. The van der Waals surface area contributed by atoms with E-state index < -0.39 is 33.4 Å². The first kappa shape index (κ1) is 18.4. The van der Waals surface area contributed by atoms with Crippen LogP contribution in [0.1, 0.15) is 47.5 Å². The van der Waals surface area contributed by atoms with E-state index in [1.54, 1.807) is 34.6 Å². The van der Waals surface area contributed by atoms with E-state index in [2.05, 4.69) is 0 Å². The highest BCUT2D eigenvalue weighted by Gasteiger charge is 2.38. The quantitative estimate of drug-likeness (QED) is 0.733. The van der Waals surface area contributed by atoms with Gasteiger partial charge in [-0.1, -0.05) is 0 Å². The molecular formula is C14H26O6S. The zero-order chi connectivity index (χ0) is 16.5. The number of hydrogen-bond donors (Lipinski definition) is 0. The molecule has 0 unspecified atom stereocenters. The van der Waals surface area contributed by atoms with Crippen molar-refractivity contribution in [3.05, 3.63) is 0 Å². The highest BCUT2D eigenvalue weighted by atomic mass is 32.2. The summed E-state index contributed by atoms with van der Waals surface area (Å²) in [6, 6.07) is 0. The van der Waals surface area contributed by atoms with E-state index in [1.165, 1.54) is 6.26 Å². The third-order valence-corrected chi connectivity index (χ3v) is 3.71. The molecule has 0 aromatic rings. The fourth-order valence-electron chi connectivity index (χ4n) is 2.35. The van der Waals surface area contributed by atoms with E-state index in [9.17, 15) is 13.2 Å². The first-order chi connectivity index (χ1) is 9.26. The molecule has 0 aromatic heterocycles. The molecule has 0 aromatic carbocycles. The van der Waals surface area contributed by atoms with E-state index in [4.69, 9.17) is 14.2 Å². The van der Waals surface area contributed by atoms with Crippen LogP contribution < -0.4 is 0 Å². The Hall–Kier alpha value is -0.660. The standard InChI is InChI=1S/C14H26O6S/c1-13(2,3)20-12(15)8-10-7-11(9-21(6,16)17)19-14(4,5)18-10/h10-11H,7-9H2,1-6H3/t10-,11+/m1/s1. The molecule has 0 N–H and O–H groups in total. The van der Waals surface area contributed by atoms with Crippen molar-refractivity contribution >= 4 is 15.8 Å². The van der Waals surface area contributed by atoms with Gasteiger partial charge in [0, 0.05) is 12.7 Å². The van der Waals surface area contributed by atoms with Crippen LogP contribution in [0, 0.1) is 0 Å². The molecule has 0 aliphatic carbocycles. The van der Waals surface area contributed by atoms with Gasteiger partial charge in [-0.3, -0.25) is 4.79 Å². The van der Waals surface area contributed by atoms with Crippen molar-refractivity contribution in [2.24, 2.45) is 0 Å². The van der Waals surface area contributed by atoms with Crippen molar-refractivity contribution in [1.29, 1.82) is 0 Å². The summed E-state index contributed by atoms with van der Waals surface area (Å²) in [5, 5.41) is 0. The molecule has 21 heavy (non-hydrogen) atoms. The number of carbonyl (C=O) groups is 1. The minimum absolute atomic E-state index is 0.0788. The maximum absolute atomic E-state index is 11.9. The van der Waals surface area contributed by atoms with Gasteiger partial charge in [0.05, 0.1) is 24.4 Å². The number of rotatable bonds is 4. The van der Waals surface area contributed by atoms with Gasteiger partial charge in [-0.25, -0.2) is 8.42 Å². The molecule has 2 atom stereocenters. The van der Waals surface area contributed by atoms with Gasteiger partial charge in [0.25, 0.3) is 0 Å². The second kappa shape index (κ2) is 6.22. The number of sulfone groups is 1. The number of carbonyl (C=O) groups excluding carboxylic acids is 1. The summed E-state index contributed by atoms with van der Waals surface area (Å²) >= 11 is 0. The van der Waals surface area contributed by atoms with Gasteiger partial charge in [0.1, 0.15) is 15.4 Å². The summed E-state index contributed by atoms with van der Waals surface area (Å²) in [6.07, 6.45) is 0.730. The van der Waals surface area contributed by atoms with Crippen LogP contribution in [0.3, 0.4) is 0 Å². The monoisotopic (exact) mass is 322 g/mol. The van der Waals surface area contributed by atoms with Crippen molar-refractivity contribution < 1.29 is 27.4 Å². The molecule has 1 heterocycles. The van der Waals surface area contributed by atoms with Gasteiger partial charge in [-0.2, -0.15) is 0 Å². The van der Waals surface area contributed by atoms with Crippen LogP contribution in [0.2, 0.25) is 0 Å². The van der Waals surface area contributed by atoms with Crippen molar-refractivity contribution in [1.82, 2.24) is 0 Å². The fourth-order valence-corrected chi connectivity index (χ4v) is 3.23. The Morgan fingerprint density at radius 3 is 2.24 bits per heavy atom. The third kappa shape index (κ3) is 7.78. The van der Waals surface area contributed by atoms with Crippen LogP contribution >= 0.6 is 0 Å². The average Bonchev–Trinajstić information content (AvgIpc) is 2.06. The molecule has 1 fully saturated rings. The first-order valence-electron chi connectivity index (χ1n) is 7.01. The summed E-state index contributed by atoms with van der Waals surface area (Å²) in [6.45, 7) is 8.82. The van der Waals surface area contributed by atoms with Crippen LogP contribution in [0.25, 0.3) is 0 Å². The van der Waals surface area contributed by atoms with Crippen LogP contribution in [0.4, 0.5) is 0 Å². The van der Waals surface area contributed by atoms with Crippen LogP contribution in [-0.2, 0) is 28.8 Å². The van der Waals surface area contributed by atoms with Gasteiger partial charge in [-0.15, -0.1) is 0 Å². The molecule has 0 amide bonds. The van der Waals surface area contributed by atoms with Crippen molar-refractivity contribution in [2.75, 3.05) is 12.0 Å². The topological polar surface area (TPSA) is 78.9 Å². The molecule has 6 nitrogen and oxygen atoms in total. The highest BCUT2D eigenvalue weighted by molar-refractivity contribution is 7.90. The predicted octanol–water partition coefficient (Wildman–Crippen LogP) is 1.67. The van der Waals surface area contributed by atoms with Gasteiger partial charge in [0.15, 0.2) is 5.79 Å². The van der Waals surface area contributed by atoms with Gasteiger partial charge < -0.3 is 14.2 Å². The van der Waals surface area contributed by atoms with E-state index in [1.807, 2.05) is 0 Å². The van der Waals surface area contributed by atoms with E-state index in [-0.39, 0.29) is 18.1 Å². The second-order valence-corrected chi connectivity index (χ2v) is 9.18. The van der Waals surface area contributed by atoms with Crippen LogP contribution in [0.5, 0.6) is 0 Å². The minimum Gasteiger partial charge on any atom is -0.460 e. The maximum Gasteiger partial charge on any atom is 0.308 e. The Morgan fingerprint density at radius 2 is 1.76 bits per heavy atom. The lowest BCUT2D eigenvalue weighted by atomic mass is 10.1. The molecular weight excluding hydrogens is 296 g/mol. The molecule has 0 bridgehead atoms. The van der Waals surface area contributed by atoms with E-state index >= 15 is 0 Å². The van der Waals surface area contributed by atoms with Crippen molar-refractivity contribution in [3.63, 3.8) is 0 Å². The van der Waals surface area contributed by atoms with Crippen molar-refractivity contribution in [3.8, 4) is 0 Å². The van der Waals surface area contributed by atoms with Crippen molar-refractivity contribution in [2.45, 2.75) is 71.1 Å². The fraction of sp³-hybridized carbons (Fsp3) is 0.929. The van der Waals surface area contributed by atoms with Gasteiger partial charge in [-0.05, 0) is 34.6 Å².